The molecule has 1 heterocycles. The van der Waals surface area contributed by atoms with Crippen molar-refractivity contribution in [2.45, 2.75) is 64.5 Å². The van der Waals surface area contributed by atoms with Crippen molar-refractivity contribution in [2.24, 2.45) is 17.1 Å². The molecule has 6 nitrogen and oxygen atoms in total. The second kappa shape index (κ2) is 8.11. The minimum Gasteiger partial charge on any atom is -0.381 e. The van der Waals surface area contributed by atoms with Crippen molar-refractivity contribution in [1.29, 1.82) is 0 Å². The van der Waals surface area contributed by atoms with Gasteiger partial charge in [0.25, 0.3) is 0 Å². The molecule has 2 aliphatic rings. The first-order valence-electron chi connectivity index (χ1n) is 8.82. The molecule has 6 heteroatoms. The van der Waals surface area contributed by atoms with Gasteiger partial charge in [-0.05, 0) is 49.9 Å². The van der Waals surface area contributed by atoms with Gasteiger partial charge in [0.15, 0.2) is 0 Å². The van der Waals surface area contributed by atoms with Crippen LogP contribution in [-0.4, -0.2) is 43.7 Å². The second-order valence-corrected chi connectivity index (χ2v) is 7.44. The van der Waals surface area contributed by atoms with Crippen LogP contribution in [0.15, 0.2) is 0 Å². The van der Waals surface area contributed by atoms with Crippen LogP contribution in [0.5, 0.6) is 0 Å². The van der Waals surface area contributed by atoms with Gasteiger partial charge in [0.2, 0.25) is 11.8 Å². The van der Waals surface area contributed by atoms with Crippen LogP contribution in [0.2, 0.25) is 0 Å². The number of ether oxygens (including phenoxy) is 1. The SMILES string of the molecule is CC(C)[C@H](N)C(=O)NCC(=O)NC1CCC2(CCOCC2)CC1. The van der Waals surface area contributed by atoms with Gasteiger partial charge in [-0.2, -0.15) is 0 Å². The minimum absolute atomic E-state index is 0.00867. The second-order valence-electron chi connectivity index (χ2n) is 7.44. The Morgan fingerprint density at radius 1 is 1.17 bits per heavy atom. The maximum atomic E-state index is 12.0. The molecule has 2 rings (SSSR count). The molecule has 1 aliphatic heterocycles. The Hall–Kier alpha value is -1.14. The summed E-state index contributed by atoms with van der Waals surface area (Å²) in [5.74, 6) is -0.325. The van der Waals surface area contributed by atoms with Crippen LogP contribution in [-0.2, 0) is 14.3 Å². The van der Waals surface area contributed by atoms with Crippen LogP contribution in [0.1, 0.15) is 52.4 Å². The number of rotatable bonds is 5. The molecule has 1 saturated heterocycles. The first-order chi connectivity index (χ1) is 10.9. The van der Waals surface area contributed by atoms with Gasteiger partial charge >= 0.3 is 0 Å². The van der Waals surface area contributed by atoms with Gasteiger partial charge in [-0.15, -0.1) is 0 Å². The van der Waals surface area contributed by atoms with E-state index in [1.165, 1.54) is 0 Å². The van der Waals surface area contributed by atoms with Crippen LogP contribution in [0.4, 0.5) is 0 Å². The lowest BCUT2D eigenvalue weighted by molar-refractivity contribution is -0.127. The molecule has 0 aromatic carbocycles. The summed E-state index contributed by atoms with van der Waals surface area (Å²) in [6.07, 6.45) is 6.65. The first kappa shape index (κ1) is 18.2. The van der Waals surface area contributed by atoms with E-state index in [1.54, 1.807) is 0 Å². The predicted octanol–water partition coefficient (Wildman–Crippen LogP) is 0.942. The van der Waals surface area contributed by atoms with Gasteiger partial charge in [0.1, 0.15) is 0 Å². The number of carbonyl (C=O) groups is 2. The third-order valence-corrected chi connectivity index (χ3v) is 5.41. The first-order valence-corrected chi connectivity index (χ1v) is 8.82. The number of carbonyl (C=O) groups excluding carboxylic acids is 2. The van der Waals surface area contributed by atoms with Crippen molar-refractivity contribution in [1.82, 2.24) is 10.6 Å². The van der Waals surface area contributed by atoms with E-state index in [0.717, 1.165) is 51.7 Å². The standard InChI is InChI=1S/C17H31N3O3/c1-12(2)15(18)16(22)19-11-14(21)20-13-3-5-17(6-4-13)7-9-23-10-8-17/h12-13,15H,3-11,18H2,1-2H3,(H,19,22)(H,20,21)/t15-/m0/s1. The van der Waals surface area contributed by atoms with E-state index in [-0.39, 0.29) is 30.3 Å². The monoisotopic (exact) mass is 325 g/mol. The summed E-state index contributed by atoms with van der Waals surface area (Å²) in [5, 5.41) is 5.66. The Balaban J connectivity index is 1.67. The van der Waals surface area contributed by atoms with Gasteiger partial charge in [-0.25, -0.2) is 0 Å². The highest BCUT2D eigenvalue weighted by atomic mass is 16.5. The Morgan fingerprint density at radius 2 is 1.78 bits per heavy atom. The van der Waals surface area contributed by atoms with E-state index in [1.807, 2.05) is 13.8 Å². The number of nitrogens with one attached hydrogen (secondary N) is 2. The Labute approximate surface area is 138 Å². The lowest BCUT2D eigenvalue weighted by Gasteiger charge is -2.42. The smallest absolute Gasteiger partial charge is 0.239 e. The van der Waals surface area contributed by atoms with Crippen LogP contribution < -0.4 is 16.4 Å². The van der Waals surface area contributed by atoms with Crippen molar-refractivity contribution in [3.05, 3.63) is 0 Å². The Bertz CT molecular complexity index is 409. The summed E-state index contributed by atoms with van der Waals surface area (Å²) < 4.78 is 5.46. The third-order valence-electron chi connectivity index (χ3n) is 5.41. The molecule has 0 radical (unpaired) electrons. The molecule has 23 heavy (non-hydrogen) atoms. The molecule has 2 amide bonds. The molecule has 1 saturated carbocycles. The molecule has 0 bridgehead atoms. The number of hydrogen-bond donors (Lipinski definition) is 3. The summed E-state index contributed by atoms with van der Waals surface area (Å²) in [5.41, 5.74) is 6.20. The highest BCUT2D eigenvalue weighted by Gasteiger charge is 2.36. The zero-order chi connectivity index (χ0) is 16.9. The fourth-order valence-electron chi connectivity index (χ4n) is 3.55. The maximum Gasteiger partial charge on any atom is 0.239 e. The average molecular weight is 325 g/mol. The quantitative estimate of drug-likeness (QED) is 0.701. The van der Waals surface area contributed by atoms with Gasteiger partial charge in [0.05, 0.1) is 12.6 Å². The average Bonchev–Trinajstić information content (AvgIpc) is 2.55. The van der Waals surface area contributed by atoms with Gasteiger partial charge in [-0.3, -0.25) is 9.59 Å². The molecule has 4 N–H and O–H groups in total. The van der Waals surface area contributed by atoms with Crippen LogP contribution in [0.3, 0.4) is 0 Å². The molecule has 0 unspecified atom stereocenters. The molecule has 1 atom stereocenters. The topological polar surface area (TPSA) is 93.5 Å². The van der Waals surface area contributed by atoms with E-state index in [2.05, 4.69) is 10.6 Å². The van der Waals surface area contributed by atoms with Crippen molar-refractivity contribution in [3.8, 4) is 0 Å². The van der Waals surface area contributed by atoms with Crippen molar-refractivity contribution >= 4 is 11.8 Å². The number of hydrogen-bond acceptors (Lipinski definition) is 4. The van der Waals surface area contributed by atoms with Gasteiger partial charge in [-0.1, -0.05) is 13.8 Å². The lowest BCUT2D eigenvalue weighted by Crippen LogP contribution is -2.49. The summed E-state index contributed by atoms with van der Waals surface area (Å²) in [4.78, 5) is 23.7. The van der Waals surface area contributed by atoms with E-state index < -0.39 is 6.04 Å². The molecule has 132 valence electrons. The molecule has 1 spiro atoms. The third kappa shape index (κ3) is 5.18. The zero-order valence-electron chi connectivity index (χ0n) is 14.4. The fraction of sp³-hybridized carbons (Fsp3) is 0.882. The normalized spacial score (nSPS) is 22.8. The minimum atomic E-state index is -0.564. The van der Waals surface area contributed by atoms with Crippen molar-refractivity contribution in [3.63, 3.8) is 0 Å². The van der Waals surface area contributed by atoms with E-state index in [4.69, 9.17) is 10.5 Å². The summed E-state index contributed by atoms with van der Waals surface area (Å²) in [7, 11) is 0. The molecular formula is C17H31N3O3. The highest BCUT2D eigenvalue weighted by Crippen LogP contribution is 2.43. The van der Waals surface area contributed by atoms with Crippen molar-refractivity contribution in [2.75, 3.05) is 19.8 Å². The summed E-state index contributed by atoms with van der Waals surface area (Å²) in [6, 6.07) is -0.336. The molecule has 0 aromatic rings. The van der Waals surface area contributed by atoms with E-state index in [0.29, 0.717) is 5.41 Å². The molecule has 1 aliphatic carbocycles. The largest absolute Gasteiger partial charge is 0.381 e. The van der Waals surface area contributed by atoms with Crippen LogP contribution in [0, 0.1) is 11.3 Å². The Morgan fingerprint density at radius 3 is 2.35 bits per heavy atom. The van der Waals surface area contributed by atoms with Gasteiger partial charge < -0.3 is 21.1 Å². The zero-order valence-corrected chi connectivity index (χ0v) is 14.4. The fourth-order valence-corrected chi connectivity index (χ4v) is 3.55. The molecule has 0 aromatic heterocycles. The predicted molar refractivity (Wildman–Crippen MR) is 88.7 cm³/mol. The molecule has 2 fully saturated rings. The number of amides is 2. The van der Waals surface area contributed by atoms with Crippen LogP contribution in [0.25, 0.3) is 0 Å². The summed E-state index contributed by atoms with van der Waals surface area (Å²) in [6.45, 7) is 5.53. The van der Waals surface area contributed by atoms with E-state index >= 15 is 0 Å². The maximum absolute atomic E-state index is 12.0. The summed E-state index contributed by atoms with van der Waals surface area (Å²) >= 11 is 0. The molecular weight excluding hydrogens is 294 g/mol. The Kier molecular flexibility index (Phi) is 6.41. The van der Waals surface area contributed by atoms with E-state index in [9.17, 15) is 9.59 Å². The highest BCUT2D eigenvalue weighted by molar-refractivity contribution is 5.87. The van der Waals surface area contributed by atoms with Crippen LogP contribution >= 0.6 is 0 Å². The van der Waals surface area contributed by atoms with Gasteiger partial charge in [0, 0.05) is 19.3 Å². The van der Waals surface area contributed by atoms with Crippen molar-refractivity contribution < 1.29 is 14.3 Å². The number of nitrogens with two attached hydrogens (primary N) is 1. The lowest BCUT2D eigenvalue weighted by atomic mass is 9.68.